The van der Waals surface area contributed by atoms with Crippen LogP contribution in [-0.4, -0.2) is 37.3 Å². The highest BCUT2D eigenvalue weighted by atomic mass is 32.2. The van der Waals surface area contributed by atoms with Crippen LogP contribution in [0.2, 0.25) is 0 Å². The molecule has 2 heterocycles. The molecule has 1 aliphatic heterocycles. The lowest BCUT2D eigenvalue weighted by molar-refractivity contribution is 0.385. The lowest BCUT2D eigenvalue weighted by Crippen LogP contribution is -2.27. The molecule has 0 amide bonds. The molecule has 0 aliphatic carbocycles. The molecule has 0 radical (unpaired) electrons. The number of thiophene rings is 1. The Bertz CT molecular complexity index is 362. The first-order valence-electron chi connectivity index (χ1n) is 6.79. The first kappa shape index (κ1) is 14.4. The van der Waals surface area contributed by atoms with Crippen LogP contribution in [0, 0.1) is 0 Å². The highest BCUT2D eigenvalue weighted by Crippen LogP contribution is 2.43. The van der Waals surface area contributed by atoms with Gasteiger partial charge >= 0.3 is 0 Å². The first-order valence-corrected chi connectivity index (χ1v) is 8.55. The maximum absolute atomic E-state index is 3.74. The number of hydrogen-bond acceptors (Lipinski definition) is 4. The molecule has 0 aromatic carbocycles. The minimum atomic E-state index is 0.585. The van der Waals surface area contributed by atoms with Crippen molar-refractivity contribution in [1.29, 1.82) is 0 Å². The summed E-state index contributed by atoms with van der Waals surface area (Å²) in [5.41, 5.74) is 1.54. The monoisotopic (exact) mass is 284 g/mol. The summed E-state index contributed by atoms with van der Waals surface area (Å²) >= 11 is 3.94. The molecule has 0 saturated carbocycles. The third-order valence-electron chi connectivity index (χ3n) is 3.33. The number of nitrogens with one attached hydrogen (secondary N) is 1. The van der Waals surface area contributed by atoms with Crippen molar-refractivity contribution in [2.45, 2.75) is 41.7 Å². The van der Waals surface area contributed by atoms with E-state index in [1.165, 1.54) is 35.6 Å². The van der Waals surface area contributed by atoms with Gasteiger partial charge in [-0.15, -0.1) is 23.1 Å². The van der Waals surface area contributed by atoms with E-state index in [1.807, 2.05) is 23.1 Å². The van der Waals surface area contributed by atoms with Gasteiger partial charge in [0.15, 0.2) is 0 Å². The predicted molar refractivity (Wildman–Crippen MR) is 82.8 cm³/mol. The van der Waals surface area contributed by atoms with Gasteiger partial charge in [0.1, 0.15) is 0 Å². The summed E-state index contributed by atoms with van der Waals surface area (Å²) in [5.74, 6) is 0. The van der Waals surface area contributed by atoms with Crippen molar-refractivity contribution in [3.63, 3.8) is 0 Å². The molecule has 1 aromatic rings. The Balaban J connectivity index is 1.77. The van der Waals surface area contributed by atoms with Gasteiger partial charge < -0.3 is 10.2 Å². The second kappa shape index (κ2) is 6.94. The van der Waals surface area contributed by atoms with Crippen molar-refractivity contribution in [3.05, 3.63) is 17.0 Å². The molecule has 4 heteroatoms. The topological polar surface area (TPSA) is 15.3 Å². The molecule has 0 fully saturated rings. The van der Waals surface area contributed by atoms with Crippen molar-refractivity contribution in [3.8, 4) is 0 Å². The summed E-state index contributed by atoms with van der Waals surface area (Å²) in [6, 6.07) is 2.89. The largest absolute Gasteiger partial charge is 0.310 e. The summed E-state index contributed by atoms with van der Waals surface area (Å²) in [7, 11) is 4.29. The van der Waals surface area contributed by atoms with E-state index in [1.54, 1.807) is 0 Å². The molecule has 18 heavy (non-hydrogen) atoms. The molecular weight excluding hydrogens is 260 g/mol. The van der Waals surface area contributed by atoms with Crippen molar-refractivity contribution in [2.24, 2.45) is 0 Å². The zero-order valence-corrected chi connectivity index (χ0v) is 13.2. The van der Waals surface area contributed by atoms with Crippen LogP contribution in [0.3, 0.4) is 0 Å². The average Bonchev–Trinajstić information content (AvgIpc) is 2.75. The van der Waals surface area contributed by atoms with Crippen LogP contribution in [0.25, 0.3) is 0 Å². The molecular formula is C14H24N2S2. The smallest absolute Gasteiger partial charge is 0.0649 e. The van der Waals surface area contributed by atoms with Crippen molar-refractivity contribution < 1.29 is 0 Å². The maximum Gasteiger partial charge on any atom is 0.0649 e. The molecule has 1 unspecified atom stereocenters. The fourth-order valence-electron chi connectivity index (χ4n) is 2.37. The minimum Gasteiger partial charge on any atom is -0.310 e. The number of thioether (sulfide) groups is 1. The van der Waals surface area contributed by atoms with Gasteiger partial charge in [0.2, 0.25) is 0 Å². The van der Waals surface area contributed by atoms with E-state index in [9.17, 15) is 0 Å². The molecule has 1 N–H and O–H groups in total. The van der Waals surface area contributed by atoms with Gasteiger partial charge in [0.05, 0.1) is 4.21 Å². The lowest BCUT2D eigenvalue weighted by atomic mass is 10.0. The number of fused-ring (bicyclic) bond motifs is 1. The second-order valence-corrected chi connectivity index (χ2v) is 7.97. The van der Waals surface area contributed by atoms with Crippen LogP contribution in [-0.2, 0) is 0 Å². The third kappa shape index (κ3) is 3.98. The Kier molecular flexibility index (Phi) is 5.55. The van der Waals surface area contributed by atoms with Crippen LogP contribution < -0.4 is 5.32 Å². The van der Waals surface area contributed by atoms with Gasteiger partial charge in [-0.2, -0.15) is 0 Å². The van der Waals surface area contributed by atoms with E-state index in [0.717, 1.165) is 11.8 Å². The van der Waals surface area contributed by atoms with Crippen molar-refractivity contribution in [1.82, 2.24) is 10.2 Å². The summed E-state index contributed by atoms with van der Waals surface area (Å²) in [6.45, 7) is 4.68. The zero-order chi connectivity index (χ0) is 13.0. The van der Waals surface area contributed by atoms with E-state index in [2.05, 4.69) is 42.7 Å². The normalized spacial score (nSPS) is 23.3. The highest BCUT2D eigenvalue weighted by Gasteiger charge is 2.25. The van der Waals surface area contributed by atoms with Gasteiger partial charge in [-0.25, -0.2) is 0 Å². The van der Waals surface area contributed by atoms with Crippen molar-refractivity contribution in [2.75, 3.05) is 27.2 Å². The summed E-state index contributed by atoms with van der Waals surface area (Å²) in [6.07, 6.45) is 3.82. The van der Waals surface area contributed by atoms with Crippen LogP contribution in [0.1, 0.15) is 37.8 Å². The molecule has 1 aliphatic rings. The molecule has 2 atom stereocenters. The second-order valence-electron chi connectivity index (χ2n) is 5.34. The molecule has 2 rings (SSSR count). The fourth-order valence-corrected chi connectivity index (χ4v) is 4.94. The number of hydrogen-bond donors (Lipinski definition) is 1. The summed E-state index contributed by atoms with van der Waals surface area (Å²) in [4.78, 5) is 2.26. The van der Waals surface area contributed by atoms with Crippen LogP contribution in [0.4, 0.5) is 0 Å². The Morgan fingerprint density at radius 1 is 1.39 bits per heavy atom. The first-order chi connectivity index (χ1) is 8.66. The van der Waals surface area contributed by atoms with E-state index >= 15 is 0 Å². The number of nitrogens with zero attached hydrogens (tertiary/aromatic N) is 1. The average molecular weight is 284 g/mol. The standard InChI is InChI=1S/C14H24N2S2/c1-11-10-13(12-6-9-17-14(12)18-11)15-7-4-5-8-16(2)3/h6,9,11,13,15H,4-5,7-8,10H2,1-3H3/t11-,13?/m0/s1. The van der Waals surface area contributed by atoms with Gasteiger partial charge in [0, 0.05) is 11.3 Å². The van der Waals surface area contributed by atoms with Gasteiger partial charge in [0.25, 0.3) is 0 Å². The predicted octanol–water partition coefficient (Wildman–Crippen LogP) is 3.60. The van der Waals surface area contributed by atoms with E-state index in [4.69, 9.17) is 0 Å². The molecule has 102 valence electrons. The Morgan fingerprint density at radius 2 is 2.22 bits per heavy atom. The van der Waals surface area contributed by atoms with Crippen LogP contribution in [0.5, 0.6) is 0 Å². The highest BCUT2D eigenvalue weighted by molar-refractivity contribution is 8.01. The minimum absolute atomic E-state index is 0.585. The molecule has 2 nitrogen and oxygen atoms in total. The third-order valence-corrected chi connectivity index (χ3v) is 5.68. The molecule has 0 spiro atoms. The Hall–Kier alpha value is -0.0300. The van der Waals surface area contributed by atoms with E-state index < -0.39 is 0 Å². The number of unbranched alkanes of at least 4 members (excludes halogenated alkanes) is 1. The fraction of sp³-hybridized carbons (Fsp3) is 0.714. The molecule has 0 bridgehead atoms. The van der Waals surface area contributed by atoms with Crippen LogP contribution in [0.15, 0.2) is 15.7 Å². The number of rotatable bonds is 6. The molecule has 1 aromatic heterocycles. The maximum atomic E-state index is 3.74. The summed E-state index contributed by atoms with van der Waals surface area (Å²) in [5, 5.41) is 6.72. The van der Waals surface area contributed by atoms with Gasteiger partial charge in [-0.1, -0.05) is 6.92 Å². The van der Waals surface area contributed by atoms with Gasteiger partial charge in [-0.05, 0) is 63.5 Å². The van der Waals surface area contributed by atoms with E-state index in [-0.39, 0.29) is 0 Å². The Morgan fingerprint density at radius 3 is 3.00 bits per heavy atom. The molecule has 0 saturated heterocycles. The van der Waals surface area contributed by atoms with Crippen molar-refractivity contribution >= 4 is 23.1 Å². The Labute approximate surface area is 119 Å². The SMILES string of the molecule is C[C@H]1CC(NCCCCN(C)C)c2ccsc2S1. The summed E-state index contributed by atoms with van der Waals surface area (Å²) < 4.78 is 1.53. The van der Waals surface area contributed by atoms with Crippen LogP contribution >= 0.6 is 23.1 Å². The quantitative estimate of drug-likeness (QED) is 0.804. The van der Waals surface area contributed by atoms with E-state index in [0.29, 0.717) is 6.04 Å². The van der Waals surface area contributed by atoms with Gasteiger partial charge in [-0.3, -0.25) is 0 Å². The lowest BCUT2D eigenvalue weighted by Gasteiger charge is -2.27. The zero-order valence-electron chi connectivity index (χ0n) is 11.6.